The van der Waals surface area contributed by atoms with Crippen LogP contribution in [0.4, 0.5) is 0 Å². The zero-order valence-electron chi connectivity index (χ0n) is 12.1. The maximum Gasteiger partial charge on any atom is 0.0589 e. The van der Waals surface area contributed by atoms with E-state index in [1.165, 1.54) is 0 Å². The molecule has 4 nitrogen and oxygen atoms in total. The van der Waals surface area contributed by atoms with Gasteiger partial charge in [-0.25, -0.2) is 0 Å². The molecule has 0 spiro atoms. The molecule has 4 heteroatoms. The molecule has 0 aromatic carbocycles. The smallest absolute Gasteiger partial charge is 0.0589 e. The van der Waals surface area contributed by atoms with Gasteiger partial charge in [-0.3, -0.25) is 4.90 Å². The van der Waals surface area contributed by atoms with Crippen molar-refractivity contribution in [2.75, 3.05) is 33.4 Å². The summed E-state index contributed by atoms with van der Waals surface area (Å²) in [5.41, 5.74) is 6.34. The molecule has 2 atom stereocenters. The summed E-state index contributed by atoms with van der Waals surface area (Å²) in [6.45, 7) is 11.0. The van der Waals surface area contributed by atoms with Crippen LogP contribution in [0, 0.1) is 5.41 Å². The van der Waals surface area contributed by atoms with Gasteiger partial charge in [0.2, 0.25) is 0 Å². The van der Waals surface area contributed by atoms with Crippen LogP contribution in [0.25, 0.3) is 0 Å². The zero-order chi connectivity index (χ0) is 13.5. The number of nitrogens with zero attached hydrogens (tertiary/aromatic N) is 1. The van der Waals surface area contributed by atoms with Crippen LogP contribution < -0.4 is 5.73 Å². The van der Waals surface area contributed by atoms with Crippen molar-refractivity contribution < 1.29 is 9.84 Å². The van der Waals surface area contributed by atoms with Crippen LogP contribution in [0.2, 0.25) is 0 Å². The minimum atomic E-state index is 0.0956. The summed E-state index contributed by atoms with van der Waals surface area (Å²) in [4.78, 5) is 2.25. The lowest BCUT2D eigenvalue weighted by atomic mass is 9.80. The Morgan fingerprint density at radius 1 is 1.29 bits per heavy atom. The van der Waals surface area contributed by atoms with Crippen LogP contribution in [0.3, 0.4) is 0 Å². The molecule has 0 saturated carbocycles. The van der Waals surface area contributed by atoms with Crippen molar-refractivity contribution in [1.29, 1.82) is 0 Å². The predicted octanol–water partition coefficient (Wildman–Crippen LogP) is 1.08. The molecule has 0 saturated heterocycles. The normalized spacial score (nSPS) is 16.2. The molecule has 0 aliphatic heterocycles. The van der Waals surface area contributed by atoms with Gasteiger partial charge in [-0.2, -0.15) is 0 Å². The van der Waals surface area contributed by atoms with Crippen molar-refractivity contribution in [3.05, 3.63) is 0 Å². The van der Waals surface area contributed by atoms with E-state index in [1.807, 2.05) is 0 Å². The van der Waals surface area contributed by atoms with Gasteiger partial charge >= 0.3 is 0 Å². The van der Waals surface area contributed by atoms with E-state index >= 15 is 0 Å². The fourth-order valence-corrected chi connectivity index (χ4v) is 2.41. The Kier molecular flexibility index (Phi) is 7.96. The van der Waals surface area contributed by atoms with Gasteiger partial charge in [0, 0.05) is 32.3 Å². The lowest BCUT2D eigenvalue weighted by Gasteiger charge is -2.43. The first kappa shape index (κ1) is 16.8. The van der Waals surface area contributed by atoms with E-state index in [2.05, 4.69) is 32.6 Å². The molecule has 0 fully saturated rings. The Morgan fingerprint density at radius 2 is 1.88 bits per heavy atom. The molecular formula is C13H30N2O2. The molecule has 0 aromatic rings. The third-order valence-electron chi connectivity index (χ3n) is 3.13. The summed E-state index contributed by atoms with van der Waals surface area (Å²) in [6.07, 6.45) is 0.941. The molecule has 0 aliphatic carbocycles. The molecular weight excluding hydrogens is 216 g/mol. The van der Waals surface area contributed by atoms with Gasteiger partial charge in [0.05, 0.1) is 13.2 Å². The monoisotopic (exact) mass is 246 g/mol. The average molecular weight is 246 g/mol. The SMILES string of the molecule is CCC(N)C(N(CCO)CCOC)C(C)(C)C. The zero-order valence-corrected chi connectivity index (χ0v) is 12.1. The van der Waals surface area contributed by atoms with E-state index in [0.717, 1.165) is 13.0 Å². The third-order valence-corrected chi connectivity index (χ3v) is 3.13. The van der Waals surface area contributed by atoms with Gasteiger partial charge in [-0.15, -0.1) is 0 Å². The lowest BCUT2D eigenvalue weighted by molar-refractivity contribution is 0.0390. The predicted molar refractivity (Wildman–Crippen MR) is 72.0 cm³/mol. The Morgan fingerprint density at radius 3 is 2.24 bits per heavy atom. The van der Waals surface area contributed by atoms with Crippen LogP contribution in [-0.4, -0.2) is 55.5 Å². The van der Waals surface area contributed by atoms with E-state index < -0.39 is 0 Å². The number of hydrogen-bond acceptors (Lipinski definition) is 4. The van der Waals surface area contributed by atoms with Gasteiger partial charge in [0.1, 0.15) is 0 Å². The summed E-state index contributed by atoms with van der Waals surface area (Å²) in [6, 6.07) is 0.383. The standard InChI is InChI=1S/C13H30N2O2/c1-6-11(14)12(13(2,3)4)15(7-9-16)8-10-17-5/h11-12,16H,6-10,14H2,1-5H3. The molecule has 0 amide bonds. The topological polar surface area (TPSA) is 58.7 Å². The third kappa shape index (κ3) is 5.82. The fourth-order valence-electron chi connectivity index (χ4n) is 2.41. The first-order valence-electron chi connectivity index (χ1n) is 6.47. The van der Waals surface area contributed by atoms with Crippen molar-refractivity contribution in [1.82, 2.24) is 4.90 Å². The van der Waals surface area contributed by atoms with Crippen molar-refractivity contribution in [3.63, 3.8) is 0 Å². The highest BCUT2D eigenvalue weighted by molar-refractivity contribution is 4.90. The highest BCUT2D eigenvalue weighted by Gasteiger charge is 2.33. The Labute approximate surface area is 106 Å². The highest BCUT2D eigenvalue weighted by atomic mass is 16.5. The molecule has 17 heavy (non-hydrogen) atoms. The van der Waals surface area contributed by atoms with Gasteiger partial charge < -0.3 is 15.6 Å². The van der Waals surface area contributed by atoms with Crippen LogP contribution in [-0.2, 0) is 4.74 Å². The van der Waals surface area contributed by atoms with Crippen molar-refractivity contribution in [2.24, 2.45) is 11.1 Å². The molecule has 0 rings (SSSR count). The number of nitrogens with two attached hydrogens (primary N) is 1. The molecule has 0 aromatic heterocycles. The second kappa shape index (κ2) is 8.03. The minimum absolute atomic E-state index is 0.0956. The number of aliphatic hydroxyl groups excluding tert-OH is 1. The quantitative estimate of drug-likeness (QED) is 0.673. The number of methoxy groups -OCH3 is 1. The maximum absolute atomic E-state index is 9.18. The molecule has 0 radical (unpaired) electrons. The van der Waals surface area contributed by atoms with Crippen molar-refractivity contribution in [2.45, 2.75) is 46.2 Å². The minimum Gasteiger partial charge on any atom is -0.395 e. The summed E-state index contributed by atoms with van der Waals surface area (Å²) < 4.78 is 5.13. The number of aliphatic hydroxyl groups is 1. The molecule has 104 valence electrons. The van der Waals surface area contributed by atoms with Crippen LogP contribution in [0.5, 0.6) is 0 Å². The number of ether oxygens (including phenoxy) is 1. The molecule has 2 unspecified atom stereocenters. The summed E-state index contributed by atoms with van der Waals surface area (Å²) in [5, 5.41) is 9.18. The molecule has 0 aliphatic rings. The number of rotatable bonds is 8. The van der Waals surface area contributed by atoms with Gasteiger partial charge in [-0.05, 0) is 11.8 Å². The molecule has 3 N–H and O–H groups in total. The maximum atomic E-state index is 9.18. The largest absolute Gasteiger partial charge is 0.395 e. The molecule has 0 bridgehead atoms. The van der Waals surface area contributed by atoms with E-state index in [0.29, 0.717) is 13.2 Å². The van der Waals surface area contributed by atoms with Gasteiger partial charge in [0.15, 0.2) is 0 Å². The van der Waals surface area contributed by atoms with Crippen molar-refractivity contribution >= 4 is 0 Å². The van der Waals surface area contributed by atoms with E-state index in [9.17, 15) is 5.11 Å². The second-order valence-corrected chi connectivity index (χ2v) is 5.64. The van der Waals surface area contributed by atoms with Crippen LogP contribution in [0.15, 0.2) is 0 Å². The molecule has 0 heterocycles. The van der Waals surface area contributed by atoms with Crippen LogP contribution in [0.1, 0.15) is 34.1 Å². The Hall–Kier alpha value is -0.160. The Bertz CT molecular complexity index is 192. The van der Waals surface area contributed by atoms with Gasteiger partial charge in [-0.1, -0.05) is 27.7 Å². The van der Waals surface area contributed by atoms with Crippen LogP contribution >= 0.6 is 0 Å². The number of hydrogen-bond donors (Lipinski definition) is 2. The fraction of sp³-hybridized carbons (Fsp3) is 1.00. The Balaban J connectivity index is 4.80. The summed E-state index contributed by atoms with van der Waals surface area (Å²) >= 11 is 0. The average Bonchev–Trinajstić information content (AvgIpc) is 2.24. The second-order valence-electron chi connectivity index (χ2n) is 5.64. The first-order chi connectivity index (χ1) is 7.88. The van der Waals surface area contributed by atoms with E-state index in [-0.39, 0.29) is 24.1 Å². The van der Waals surface area contributed by atoms with Crippen molar-refractivity contribution in [3.8, 4) is 0 Å². The highest BCUT2D eigenvalue weighted by Crippen LogP contribution is 2.27. The van der Waals surface area contributed by atoms with E-state index in [4.69, 9.17) is 10.5 Å². The first-order valence-corrected chi connectivity index (χ1v) is 6.47. The van der Waals surface area contributed by atoms with E-state index in [1.54, 1.807) is 7.11 Å². The summed E-state index contributed by atoms with van der Waals surface area (Å²) in [7, 11) is 1.70. The summed E-state index contributed by atoms with van der Waals surface area (Å²) in [5.74, 6) is 0. The lowest BCUT2D eigenvalue weighted by Crippen LogP contribution is -2.56. The van der Waals surface area contributed by atoms with Gasteiger partial charge in [0.25, 0.3) is 0 Å².